The van der Waals surface area contributed by atoms with E-state index in [-0.39, 0.29) is 11.9 Å². The summed E-state index contributed by atoms with van der Waals surface area (Å²) < 4.78 is 3.77. The summed E-state index contributed by atoms with van der Waals surface area (Å²) in [4.78, 5) is 15.0. The second-order valence-electron chi connectivity index (χ2n) is 6.64. The van der Waals surface area contributed by atoms with Crippen molar-refractivity contribution in [3.05, 3.63) is 41.7 Å². The van der Waals surface area contributed by atoms with E-state index in [1.807, 2.05) is 58.7 Å². The fourth-order valence-corrected chi connectivity index (χ4v) is 3.58. The topological polar surface area (TPSA) is 68.8 Å². The smallest absolute Gasteiger partial charge is 0.254 e. The quantitative estimate of drug-likeness (QED) is 0.732. The predicted octanol–water partition coefficient (Wildman–Crippen LogP) is 2.26. The summed E-state index contributed by atoms with van der Waals surface area (Å²) in [6.45, 7) is 6.36. The summed E-state index contributed by atoms with van der Waals surface area (Å²) in [5.41, 5.74) is 3.55. The van der Waals surface area contributed by atoms with Crippen LogP contribution in [0.2, 0.25) is 0 Å². The van der Waals surface area contributed by atoms with Gasteiger partial charge in [-0.25, -0.2) is 4.68 Å². The van der Waals surface area contributed by atoms with Gasteiger partial charge in [-0.1, -0.05) is 5.21 Å². The second kappa shape index (κ2) is 6.31. The maximum Gasteiger partial charge on any atom is 0.254 e. The molecule has 0 aliphatic carbocycles. The van der Waals surface area contributed by atoms with Crippen LogP contribution in [0.15, 0.2) is 30.6 Å². The molecule has 1 aromatic carbocycles. The molecule has 1 aliphatic heterocycles. The Balaban J connectivity index is 1.56. The first kappa shape index (κ1) is 15.8. The Morgan fingerprint density at radius 1 is 1.36 bits per heavy atom. The highest BCUT2D eigenvalue weighted by atomic mass is 16.2. The van der Waals surface area contributed by atoms with Crippen molar-refractivity contribution in [2.45, 2.75) is 45.8 Å². The highest BCUT2D eigenvalue weighted by molar-refractivity contribution is 5.97. The van der Waals surface area contributed by atoms with Gasteiger partial charge in [0.05, 0.1) is 24.3 Å². The normalized spacial score (nSPS) is 17.5. The molecule has 0 bridgehead atoms. The minimum Gasteiger partial charge on any atom is -0.334 e. The van der Waals surface area contributed by atoms with E-state index in [4.69, 9.17) is 0 Å². The standard InChI is InChI=1S/C18H22N6O/c1-3-24-17-7-6-14(9-16(17)20-21-24)18(25)23-8-4-5-15(23)12-22-11-13(2)10-19-22/h6-7,9-11,15H,3-5,8,12H2,1-2H3. The summed E-state index contributed by atoms with van der Waals surface area (Å²) in [6.07, 6.45) is 5.92. The minimum absolute atomic E-state index is 0.0688. The molecule has 25 heavy (non-hydrogen) atoms. The van der Waals surface area contributed by atoms with E-state index in [9.17, 15) is 4.79 Å². The Labute approximate surface area is 146 Å². The van der Waals surface area contributed by atoms with Gasteiger partial charge in [-0.05, 0) is 50.5 Å². The molecule has 1 saturated heterocycles. The van der Waals surface area contributed by atoms with E-state index >= 15 is 0 Å². The number of benzene rings is 1. The number of aromatic nitrogens is 5. The van der Waals surface area contributed by atoms with Crippen LogP contribution in [0.4, 0.5) is 0 Å². The number of hydrogen-bond donors (Lipinski definition) is 0. The van der Waals surface area contributed by atoms with Crippen LogP contribution in [0.25, 0.3) is 11.0 Å². The Kier molecular flexibility index (Phi) is 3.99. The van der Waals surface area contributed by atoms with Crippen LogP contribution in [0.5, 0.6) is 0 Å². The summed E-state index contributed by atoms with van der Waals surface area (Å²) in [7, 11) is 0. The van der Waals surface area contributed by atoms with Gasteiger partial charge in [0.15, 0.2) is 0 Å². The van der Waals surface area contributed by atoms with Crippen molar-refractivity contribution in [3.8, 4) is 0 Å². The largest absolute Gasteiger partial charge is 0.334 e. The molecule has 1 amide bonds. The van der Waals surface area contributed by atoms with Crippen molar-refractivity contribution < 1.29 is 4.79 Å². The second-order valence-corrected chi connectivity index (χ2v) is 6.64. The van der Waals surface area contributed by atoms with Crippen LogP contribution in [-0.4, -0.2) is 48.2 Å². The van der Waals surface area contributed by atoms with Crippen LogP contribution in [-0.2, 0) is 13.1 Å². The number of fused-ring (bicyclic) bond motifs is 1. The number of aryl methyl sites for hydroxylation is 2. The molecule has 1 fully saturated rings. The SMILES string of the molecule is CCn1nnc2cc(C(=O)N3CCCC3Cn3cc(C)cn3)ccc21. The Morgan fingerprint density at radius 2 is 2.24 bits per heavy atom. The number of likely N-dealkylation sites (tertiary alicyclic amines) is 1. The average Bonchev–Trinajstić information content (AvgIpc) is 3.33. The first-order valence-corrected chi connectivity index (χ1v) is 8.79. The lowest BCUT2D eigenvalue weighted by Gasteiger charge is -2.24. The predicted molar refractivity (Wildman–Crippen MR) is 94.2 cm³/mol. The summed E-state index contributed by atoms with van der Waals surface area (Å²) in [5.74, 6) is 0.0688. The number of nitrogens with zero attached hydrogens (tertiary/aromatic N) is 6. The maximum absolute atomic E-state index is 13.0. The van der Waals surface area contributed by atoms with Gasteiger partial charge in [0.2, 0.25) is 0 Å². The molecule has 0 spiro atoms. The Morgan fingerprint density at radius 3 is 3.00 bits per heavy atom. The third-order valence-electron chi connectivity index (χ3n) is 4.86. The summed E-state index contributed by atoms with van der Waals surface area (Å²) in [6, 6.07) is 5.86. The van der Waals surface area contributed by atoms with Gasteiger partial charge in [0.1, 0.15) is 5.52 Å². The van der Waals surface area contributed by atoms with E-state index in [0.29, 0.717) is 5.56 Å². The molecule has 7 heteroatoms. The molecule has 1 unspecified atom stereocenters. The van der Waals surface area contributed by atoms with Gasteiger partial charge in [-0.2, -0.15) is 5.10 Å². The third kappa shape index (κ3) is 2.90. The fourth-order valence-electron chi connectivity index (χ4n) is 3.58. The minimum atomic E-state index is 0.0688. The lowest BCUT2D eigenvalue weighted by molar-refractivity contribution is 0.0722. The van der Waals surface area contributed by atoms with E-state index < -0.39 is 0 Å². The zero-order chi connectivity index (χ0) is 17.4. The molecular formula is C18H22N6O. The van der Waals surface area contributed by atoms with Gasteiger partial charge < -0.3 is 4.90 Å². The number of carbonyl (C=O) groups is 1. The zero-order valence-corrected chi connectivity index (χ0v) is 14.6. The van der Waals surface area contributed by atoms with E-state index in [0.717, 1.165) is 49.1 Å². The Hall–Kier alpha value is -2.70. The molecule has 1 atom stereocenters. The first-order chi connectivity index (χ1) is 12.2. The van der Waals surface area contributed by atoms with Gasteiger partial charge in [-0.15, -0.1) is 5.10 Å². The van der Waals surface area contributed by atoms with Gasteiger partial charge in [0, 0.05) is 24.8 Å². The first-order valence-electron chi connectivity index (χ1n) is 8.79. The number of carbonyl (C=O) groups excluding carboxylic acids is 1. The maximum atomic E-state index is 13.0. The molecule has 130 valence electrons. The summed E-state index contributed by atoms with van der Waals surface area (Å²) >= 11 is 0. The molecule has 2 aromatic heterocycles. The number of rotatable bonds is 4. The lowest BCUT2D eigenvalue weighted by atomic mass is 10.1. The van der Waals surface area contributed by atoms with Gasteiger partial charge >= 0.3 is 0 Å². The van der Waals surface area contributed by atoms with Gasteiger partial charge in [-0.3, -0.25) is 9.48 Å². The molecular weight excluding hydrogens is 316 g/mol. The molecule has 7 nitrogen and oxygen atoms in total. The number of hydrogen-bond acceptors (Lipinski definition) is 4. The third-order valence-corrected chi connectivity index (χ3v) is 4.86. The van der Waals surface area contributed by atoms with Crippen molar-refractivity contribution in [2.24, 2.45) is 0 Å². The van der Waals surface area contributed by atoms with Crippen LogP contribution in [0, 0.1) is 6.92 Å². The van der Waals surface area contributed by atoms with Crippen molar-refractivity contribution >= 4 is 16.9 Å². The van der Waals surface area contributed by atoms with Crippen LogP contribution in [0.1, 0.15) is 35.7 Å². The molecule has 3 heterocycles. The van der Waals surface area contributed by atoms with Crippen molar-refractivity contribution in [1.29, 1.82) is 0 Å². The lowest BCUT2D eigenvalue weighted by Crippen LogP contribution is -2.38. The Bertz CT molecular complexity index is 911. The molecule has 0 N–H and O–H groups in total. The zero-order valence-electron chi connectivity index (χ0n) is 14.6. The number of amides is 1. The monoisotopic (exact) mass is 338 g/mol. The highest BCUT2D eigenvalue weighted by Gasteiger charge is 2.30. The average molecular weight is 338 g/mol. The van der Waals surface area contributed by atoms with E-state index in [2.05, 4.69) is 15.4 Å². The van der Waals surface area contributed by atoms with Gasteiger partial charge in [0.25, 0.3) is 5.91 Å². The van der Waals surface area contributed by atoms with Crippen LogP contribution in [0.3, 0.4) is 0 Å². The summed E-state index contributed by atoms with van der Waals surface area (Å²) in [5, 5.41) is 12.6. The highest BCUT2D eigenvalue weighted by Crippen LogP contribution is 2.23. The van der Waals surface area contributed by atoms with E-state index in [1.165, 1.54) is 0 Å². The van der Waals surface area contributed by atoms with Crippen molar-refractivity contribution in [3.63, 3.8) is 0 Å². The molecule has 0 saturated carbocycles. The van der Waals surface area contributed by atoms with Crippen molar-refractivity contribution in [1.82, 2.24) is 29.7 Å². The molecule has 1 aliphatic rings. The molecule has 4 rings (SSSR count). The van der Waals surface area contributed by atoms with E-state index in [1.54, 1.807) is 0 Å². The molecule has 0 radical (unpaired) electrons. The molecule has 3 aromatic rings. The van der Waals surface area contributed by atoms with Crippen LogP contribution < -0.4 is 0 Å². The van der Waals surface area contributed by atoms with Crippen molar-refractivity contribution in [2.75, 3.05) is 6.54 Å². The fraction of sp³-hybridized carbons (Fsp3) is 0.444. The van der Waals surface area contributed by atoms with Crippen LogP contribution >= 0.6 is 0 Å².